The highest BCUT2D eigenvalue weighted by Crippen LogP contribution is 2.22. The first-order chi connectivity index (χ1) is 13.4. The van der Waals surface area contributed by atoms with Gasteiger partial charge in [-0.15, -0.1) is 0 Å². The number of halogens is 1. The van der Waals surface area contributed by atoms with E-state index in [4.69, 9.17) is 4.74 Å². The highest BCUT2D eigenvalue weighted by molar-refractivity contribution is 5.91. The topological polar surface area (TPSA) is 95.3 Å². The molecule has 1 aromatic heterocycles. The van der Waals surface area contributed by atoms with Gasteiger partial charge in [0.15, 0.2) is 0 Å². The molecule has 1 aromatic carbocycles. The lowest BCUT2D eigenvalue weighted by molar-refractivity contribution is -0.128. The zero-order valence-electron chi connectivity index (χ0n) is 15.5. The van der Waals surface area contributed by atoms with E-state index in [9.17, 15) is 19.2 Å². The molecule has 1 atom stereocenters. The number of aromatic nitrogens is 1. The molecular formula is C20H19FN4O3. The van der Waals surface area contributed by atoms with Gasteiger partial charge in [0.25, 0.3) is 0 Å². The number of carbonyl (C=O) groups excluding carboxylic acids is 2. The Labute approximate surface area is 161 Å². The van der Waals surface area contributed by atoms with Crippen LogP contribution in [0.25, 0.3) is 0 Å². The van der Waals surface area contributed by atoms with Gasteiger partial charge in [-0.3, -0.25) is 4.79 Å². The van der Waals surface area contributed by atoms with Crippen LogP contribution in [-0.2, 0) is 16.1 Å². The molecule has 8 heteroatoms. The number of aryl methyl sites for hydroxylation is 1. The van der Waals surface area contributed by atoms with Gasteiger partial charge < -0.3 is 15.0 Å². The number of nitriles is 1. The van der Waals surface area contributed by atoms with Crippen molar-refractivity contribution in [3.05, 3.63) is 58.5 Å². The summed E-state index contributed by atoms with van der Waals surface area (Å²) in [6.45, 7) is 2.36. The van der Waals surface area contributed by atoms with Crippen LogP contribution in [0.15, 0.2) is 30.3 Å². The third kappa shape index (κ3) is 4.09. The first-order valence-corrected chi connectivity index (χ1v) is 8.70. The lowest BCUT2D eigenvalue weighted by atomic mass is 10.1. The molecule has 144 valence electrons. The number of hydrogen-bond donors (Lipinski definition) is 1. The van der Waals surface area contributed by atoms with Crippen molar-refractivity contribution in [2.75, 3.05) is 19.0 Å². The zero-order chi connectivity index (χ0) is 20.3. The van der Waals surface area contributed by atoms with Gasteiger partial charge in [0, 0.05) is 19.5 Å². The van der Waals surface area contributed by atoms with Gasteiger partial charge in [0.1, 0.15) is 17.7 Å². The van der Waals surface area contributed by atoms with E-state index in [1.807, 2.05) is 6.07 Å². The van der Waals surface area contributed by atoms with E-state index in [1.54, 1.807) is 24.0 Å². The van der Waals surface area contributed by atoms with Crippen LogP contribution in [0.3, 0.4) is 0 Å². The fourth-order valence-corrected chi connectivity index (χ4v) is 3.19. The van der Waals surface area contributed by atoms with Gasteiger partial charge in [0.05, 0.1) is 30.0 Å². The minimum Gasteiger partial charge on any atom is -0.465 e. The summed E-state index contributed by atoms with van der Waals surface area (Å²) >= 11 is 0. The maximum absolute atomic E-state index is 13.4. The summed E-state index contributed by atoms with van der Waals surface area (Å²) in [6.07, 6.45) is 0.236. The first-order valence-electron chi connectivity index (χ1n) is 8.70. The van der Waals surface area contributed by atoms with Gasteiger partial charge in [0.2, 0.25) is 5.91 Å². The number of pyridine rings is 1. The lowest BCUT2D eigenvalue weighted by Gasteiger charge is -2.18. The second kappa shape index (κ2) is 8.05. The Kier molecular flexibility index (Phi) is 5.54. The number of methoxy groups -OCH3 is 1. The SMILES string of the molecule is COC(=O)c1cc(C#N)c(N[C@H]2CC(=O)N(Cc3cccc(F)c3)C2)nc1C. The van der Waals surface area contributed by atoms with E-state index in [0.29, 0.717) is 30.2 Å². The molecule has 1 saturated heterocycles. The first kappa shape index (κ1) is 19.3. The van der Waals surface area contributed by atoms with Crippen LogP contribution in [0.5, 0.6) is 0 Å². The van der Waals surface area contributed by atoms with Crippen molar-refractivity contribution < 1.29 is 18.7 Å². The number of likely N-dealkylation sites (tertiary alicyclic amines) is 1. The van der Waals surface area contributed by atoms with Crippen LogP contribution in [0.2, 0.25) is 0 Å². The summed E-state index contributed by atoms with van der Waals surface area (Å²) < 4.78 is 18.0. The molecular weight excluding hydrogens is 363 g/mol. The van der Waals surface area contributed by atoms with Crippen molar-refractivity contribution in [1.29, 1.82) is 5.26 Å². The predicted octanol–water partition coefficient (Wildman–Crippen LogP) is 2.40. The lowest BCUT2D eigenvalue weighted by Crippen LogP contribution is -2.28. The summed E-state index contributed by atoms with van der Waals surface area (Å²) in [7, 11) is 1.26. The van der Waals surface area contributed by atoms with Crippen molar-refractivity contribution in [2.45, 2.75) is 25.9 Å². The number of amides is 1. The van der Waals surface area contributed by atoms with Crippen molar-refractivity contribution in [3.8, 4) is 6.07 Å². The van der Waals surface area contributed by atoms with Crippen LogP contribution in [-0.4, -0.2) is 41.5 Å². The van der Waals surface area contributed by atoms with E-state index in [1.165, 1.54) is 25.3 Å². The maximum Gasteiger partial charge on any atom is 0.339 e. The summed E-state index contributed by atoms with van der Waals surface area (Å²) in [5, 5.41) is 12.5. The molecule has 0 bridgehead atoms. The van der Waals surface area contributed by atoms with Crippen molar-refractivity contribution >= 4 is 17.7 Å². The average Bonchev–Trinajstić information content (AvgIpc) is 3.00. The number of carbonyl (C=O) groups is 2. The van der Waals surface area contributed by atoms with Crippen LogP contribution < -0.4 is 5.32 Å². The minimum absolute atomic E-state index is 0.0665. The number of hydrogen-bond acceptors (Lipinski definition) is 6. The Hall–Kier alpha value is -3.47. The molecule has 1 aliphatic rings. The zero-order valence-corrected chi connectivity index (χ0v) is 15.5. The summed E-state index contributed by atoms with van der Waals surface area (Å²) in [5.41, 5.74) is 1.55. The molecule has 1 aliphatic heterocycles. The summed E-state index contributed by atoms with van der Waals surface area (Å²) in [6, 6.07) is 9.32. The van der Waals surface area contributed by atoms with Gasteiger partial charge in [-0.1, -0.05) is 12.1 Å². The number of anilines is 1. The predicted molar refractivity (Wildman–Crippen MR) is 98.9 cm³/mol. The largest absolute Gasteiger partial charge is 0.465 e. The summed E-state index contributed by atoms with van der Waals surface area (Å²) in [4.78, 5) is 30.0. The molecule has 0 radical (unpaired) electrons. The smallest absolute Gasteiger partial charge is 0.339 e. The van der Waals surface area contributed by atoms with E-state index in [-0.39, 0.29) is 35.3 Å². The fourth-order valence-electron chi connectivity index (χ4n) is 3.19. The molecule has 3 rings (SSSR count). The fraction of sp³-hybridized carbons (Fsp3) is 0.300. The molecule has 0 unspecified atom stereocenters. The maximum atomic E-state index is 13.4. The second-order valence-electron chi connectivity index (χ2n) is 6.57. The molecule has 1 N–H and O–H groups in total. The monoisotopic (exact) mass is 382 g/mol. The normalized spacial score (nSPS) is 16.0. The Morgan fingerprint density at radius 1 is 1.46 bits per heavy atom. The van der Waals surface area contributed by atoms with Crippen LogP contribution in [0.1, 0.15) is 33.6 Å². The van der Waals surface area contributed by atoms with E-state index >= 15 is 0 Å². The Morgan fingerprint density at radius 2 is 2.25 bits per heavy atom. The molecule has 1 amide bonds. The Bertz CT molecular complexity index is 970. The highest BCUT2D eigenvalue weighted by atomic mass is 19.1. The van der Waals surface area contributed by atoms with Gasteiger partial charge in [-0.05, 0) is 30.7 Å². The van der Waals surface area contributed by atoms with Gasteiger partial charge in [-0.25, -0.2) is 14.2 Å². The number of esters is 1. The molecule has 0 saturated carbocycles. The molecule has 2 aromatic rings. The van der Waals surface area contributed by atoms with Crippen LogP contribution >= 0.6 is 0 Å². The Balaban J connectivity index is 1.74. The number of benzene rings is 1. The molecule has 2 heterocycles. The summed E-state index contributed by atoms with van der Waals surface area (Å²) in [5.74, 6) is -0.658. The Morgan fingerprint density at radius 3 is 2.93 bits per heavy atom. The van der Waals surface area contributed by atoms with Crippen molar-refractivity contribution in [1.82, 2.24) is 9.88 Å². The number of rotatable bonds is 5. The molecule has 1 fully saturated rings. The molecule has 0 spiro atoms. The quantitative estimate of drug-likeness (QED) is 0.798. The van der Waals surface area contributed by atoms with Crippen molar-refractivity contribution in [3.63, 3.8) is 0 Å². The van der Waals surface area contributed by atoms with E-state index in [2.05, 4.69) is 10.3 Å². The minimum atomic E-state index is -0.564. The van der Waals surface area contributed by atoms with Crippen LogP contribution in [0.4, 0.5) is 10.2 Å². The second-order valence-corrected chi connectivity index (χ2v) is 6.57. The average molecular weight is 382 g/mol. The van der Waals surface area contributed by atoms with Gasteiger partial charge in [-0.2, -0.15) is 5.26 Å². The third-order valence-corrected chi connectivity index (χ3v) is 4.56. The molecule has 7 nitrogen and oxygen atoms in total. The van der Waals surface area contributed by atoms with Gasteiger partial charge >= 0.3 is 5.97 Å². The van der Waals surface area contributed by atoms with Crippen LogP contribution in [0, 0.1) is 24.1 Å². The van der Waals surface area contributed by atoms with E-state index in [0.717, 1.165) is 0 Å². The number of nitrogens with one attached hydrogen (secondary N) is 1. The standard InChI is InChI=1S/C20H19FN4O3/c1-12-17(20(27)28-2)7-14(9-22)19(23-12)24-16-8-18(26)25(11-16)10-13-4-3-5-15(21)6-13/h3-7,16H,8,10-11H2,1-2H3,(H,23,24)/t16-/m0/s1. The number of nitrogens with zero attached hydrogens (tertiary/aromatic N) is 3. The highest BCUT2D eigenvalue weighted by Gasteiger charge is 2.30. The third-order valence-electron chi connectivity index (χ3n) is 4.56. The van der Waals surface area contributed by atoms with E-state index < -0.39 is 5.97 Å². The molecule has 0 aliphatic carbocycles. The number of ether oxygens (including phenoxy) is 1. The molecule has 28 heavy (non-hydrogen) atoms. The van der Waals surface area contributed by atoms with Crippen molar-refractivity contribution in [2.24, 2.45) is 0 Å².